The molecule has 0 aliphatic heterocycles. The number of carbonyl (C=O) groups excluding carboxylic acids is 1. The Kier molecular flexibility index (Phi) is 4.83. The van der Waals surface area contributed by atoms with E-state index in [1.165, 1.54) is 17.4 Å². The van der Waals surface area contributed by atoms with Crippen LogP contribution in [0.15, 0.2) is 18.2 Å². The molecule has 0 aromatic carbocycles. The molecule has 6 heteroatoms. The number of amides is 1. The van der Waals surface area contributed by atoms with Crippen LogP contribution in [-0.2, 0) is 9.59 Å². The molecule has 1 aromatic rings. The fourth-order valence-electron chi connectivity index (χ4n) is 2.41. The van der Waals surface area contributed by atoms with E-state index in [0.29, 0.717) is 17.2 Å². The summed E-state index contributed by atoms with van der Waals surface area (Å²) in [4.78, 5) is 23.9. The van der Waals surface area contributed by atoms with E-state index in [4.69, 9.17) is 11.6 Å². The van der Waals surface area contributed by atoms with Crippen molar-refractivity contribution < 1.29 is 14.7 Å². The zero-order valence-electron chi connectivity index (χ0n) is 10.9. The van der Waals surface area contributed by atoms with Gasteiger partial charge in [0.2, 0.25) is 5.91 Å². The second-order valence-corrected chi connectivity index (χ2v) is 6.73. The van der Waals surface area contributed by atoms with Crippen LogP contribution in [0.1, 0.15) is 30.6 Å². The molecule has 0 bridgehead atoms. The maximum Gasteiger partial charge on any atom is 0.311 e. The van der Waals surface area contributed by atoms with Gasteiger partial charge in [0.1, 0.15) is 0 Å². The molecule has 0 radical (unpaired) electrons. The molecule has 1 amide bonds. The Morgan fingerprint density at radius 1 is 1.40 bits per heavy atom. The maximum absolute atomic E-state index is 11.7. The van der Waals surface area contributed by atoms with Gasteiger partial charge in [-0.15, -0.1) is 11.3 Å². The Morgan fingerprint density at radius 3 is 2.65 bits per heavy atom. The standard InChI is InChI=1S/C14H16ClNO3S/c15-11-5-3-10(20-11)4-6-12(17)16-9-14(13(18)19)7-1-2-8-14/h3-6H,1-2,7-9H2,(H,16,17)(H,18,19)/b6-4+. The third-order valence-electron chi connectivity index (χ3n) is 3.61. The van der Waals surface area contributed by atoms with Gasteiger partial charge in [-0.05, 0) is 31.1 Å². The quantitative estimate of drug-likeness (QED) is 0.820. The molecule has 1 aromatic heterocycles. The van der Waals surface area contributed by atoms with Gasteiger partial charge in [0.05, 0.1) is 9.75 Å². The van der Waals surface area contributed by atoms with Crippen LogP contribution >= 0.6 is 22.9 Å². The van der Waals surface area contributed by atoms with Gasteiger partial charge in [-0.25, -0.2) is 0 Å². The number of carboxylic acids is 1. The number of halogens is 1. The van der Waals surface area contributed by atoms with Crippen molar-refractivity contribution in [3.05, 3.63) is 27.4 Å². The van der Waals surface area contributed by atoms with Crippen molar-refractivity contribution in [2.24, 2.45) is 5.41 Å². The molecule has 1 fully saturated rings. The van der Waals surface area contributed by atoms with Gasteiger partial charge >= 0.3 is 5.97 Å². The number of hydrogen-bond acceptors (Lipinski definition) is 3. The molecule has 2 rings (SSSR count). The molecule has 1 aliphatic carbocycles. The summed E-state index contributed by atoms with van der Waals surface area (Å²) in [6, 6.07) is 3.59. The molecule has 1 heterocycles. The normalized spacial score (nSPS) is 17.4. The highest BCUT2D eigenvalue weighted by Crippen LogP contribution is 2.37. The minimum absolute atomic E-state index is 0.191. The zero-order chi connectivity index (χ0) is 14.6. The summed E-state index contributed by atoms with van der Waals surface area (Å²) in [5, 5.41) is 12.0. The van der Waals surface area contributed by atoms with E-state index >= 15 is 0 Å². The van der Waals surface area contributed by atoms with Crippen LogP contribution in [0.25, 0.3) is 6.08 Å². The summed E-state index contributed by atoms with van der Waals surface area (Å²) in [7, 11) is 0. The first-order chi connectivity index (χ1) is 9.52. The summed E-state index contributed by atoms with van der Waals surface area (Å²) in [6.07, 6.45) is 6.16. The number of hydrogen-bond donors (Lipinski definition) is 2. The molecule has 0 unspecified atom stereocenters. The molecule has 20 heavy (non-hydrogen) atoms. The Bertz CT molecular complexity index is 532. The van der Waals surface area contributed by atoms with E-state index in [9.17, 15) is 14.7 Å². The van der Waals surface area contributed by atoms with E-state index in [1.807, 2.05) is 6.07 Å². The second kappa shape index (κ2) is 6.41. The van der Waals surface area contributed by atoms with E-state index in [0.717, 1.165) is 17.7 Å². The fraction of sp³-hybridized carbons (Fsp3) is 0.429. The predicted octanol–water partition coefficient (Wildman–Crippen LogP) is 3.18. The Labute approximate surface area is 126 Å². The number of carbonyl (C=O) groups is 2. The first kappa shape index (κ1) is 15.1. The van der Waals surface area contributed by atoms with Gasteiger partial charge in [-0.2, -0.15) is 0 Å². The fourth-order valence-corrected chi connectivity index (χ4v) is 3.37. The predicted molar refractivity (Wildman–Crippen MR) is 79.9 cm³/mol. The van der Waals surface area contributed by atoms with Crippen LogP contribution in [-0.4, -0.2) is 23.5 Å². The van der Waals surface area contributed by atoms with E-state index in [2.05, 4.69) is 5.32 Å². The smallest absolute Gasteiger partial charge is 0.311 e. The van der Waals surface area contributed by atoms with Gasteiger partial charge < -0.3 is 10.4 Å². The average Bonchev–Trinajstić information content (AvgIpc) is 3.03. The van der Waals surface area contributed by atoms with Crippen LogP contribution < -0.4 is 5.32 Å². The number of rotatable bonds is 5. The third-order valence-corrected chi connectivity index (χ3v) is 4.80. The van der Waals surface area contributed by atoms with E-state index < -0.39 is 11.4 Å². The summed E-state index contributed by atoms with van der Waals surface area (Å²) < 4.78 is 0.667. The van der Waals surface area contributed by atoms with E-state index in [1.54, 1.807) is 12.1 Å². The number of aliphatic carboxylic acids is 1. The SMILES string of the molecule is O=C(/C=C/c1ccc(Cl)s1)NCC1(C(=O)O)CCCC1. The molecular weight excluding hydrogens is 298 g/mol. The van der Waals surface area contributed by atoms with Crippen molar-refractivity contribution in [2.45, 2.75) is 25.7 Å². The van der Waals surface area contributed by atoms with Gasteiger partial charge in [0.15, 0.2) is 0 Å². The highest BCUT2D eigenvalue weighted by molar-refractivity contribution is 7.17. The average molecular weight is 314 g/mol. The summed E-state index contributed by atoms with van der Waals surface area (Å²) in [5.41, 5.74) is -0.782. The summed E-state index contributed by atoms with van der Waals surface area (Å²) in [6.45, 7) is 0.191. The molecule has 0 spiro atoms. The minimum Gasteiger partial charge on any atom is -0.481 e. The van der Waals surface area contributed by atoms with Crippen molar-refractivity contribution in [2.75, 3.05) is 6.54 Å². The lowest BCUT2D eigenvalue weighted by Gasteiger charge is -2.23. The molecule has 0 saturated heterocycles. The molecule has 1 saturated carbocycles. The first-order valence-corrected chi connectivity index (χ1v) is 7.66. The number of thiophene rings is 1. The largest absolute Gasteiger partial charge is 0.481 e. The molecular formula is C14H16ClNO3S. The Morgan fingerprint density at radius 2 is 2.10 bits per heavy atom. The topological polar surface area (TPSA) is 66.4 Å². The van der Waals surface area contributed by atoms with Crippen molar-refractivity contribution in [1.29, 1.82) is 0 Å². The van der Waals surface area contributed by atoms with Crippen LogP contribution in [0.2, 0.25) is 4.34 Å². The molecule has 0 atom stereocenters. The third kappa shape index (κ3) is 3.61. The minimum atomic E-state index is -0.815. The number of carboxylic acid groups (broad SMARTS) is 1. The molecule has 1 aliphatic rings. The maximum atomic E-state index is 11.7. The molecule has 108 valence electrons. The van der Waals surface area contributed by atoms with Crippen molar-refractivity contribution in [1.82, 2.24) is 5.32 Å². The summed E-state index contributed by atoms with van der Waals surface area (Å²) >= 11 is 7.18. The van der Waals surface area contributed by atoms with Gasteiger partial charge in [-0.1, -0.05) is 24.4 Å². The van der Waals surface area contributed by atoms with Gasteiger partial charge in [-0.3, -0.25) is 9.59 Å². The zero-order valence-corrected chi connectivity index (χ0v) is 12.5. The van der Waals surface area contributed by atoms with Gasteiger partial charge in [0.25, 0.3) is 0 Å². The Balaban J connectivity index is 1.88. The summed E-state index contributed by atoms with van der Waals surface area (Å²) in [5.74, 6) is -1.09. The van der Waals surface area contributed by atoms with Crippen LogP contribution in [0.5, 0.6) is 0 Å². The van der Waals surface area contributed by atoms with Gasteiger partial charge in [0, 0.05) is 17.5 Å². The van der Waals surface area contributed by atoms with Crippen molar-refractivity contribution in [3.63, 3.8) is 0 Å². The van der Waals surface area contributed by atoms with Crippen LogP contribution in [0.3, 0.4) is 0 Å². The lowest BCUT2D eigenvalue weighted by atomic mass is 9.86. The van der Waals surface area contributed by atoms with Crippen molar-refractivity contribution in [3.8, 4) is 0 Å². The number of nitrogens with one attached hydrogen (secondary N) is 1. The van der Waals surface area contributed by atoms with Crippen LogP contribution in [0, 0.1) is 5.41 Å². The highest BCUT2D eigenvalue weighted by atomic mass is 35.5. The Hall–Kier alpha value is -1.33. The van der Waals surface area contributed by atoms with Crippen LogP contribution in [0.4, 0.5) is 0 Å². The lowest BCUT2D eigenvalue weighted by molar-refractivity contribution is -0.148. The second-order valence-electron chi connectivity index (χ2n) is 4.99. The first-order valence-electron chi connectivity index (χ1n) is 6.46. The van der Waals surface area contributed by atoms with E-state index in [-0.39, 0.29) is 12.5 Å². The highest BCUT2D eigenvalue weighted by Gasteiger charge is 2.41. The van der Waals surface area contributed by atoms with Crippen molar-refractivity contribution >= 4 is 40.9 Å². The lowest BCUT2D eigenvalue weighted by Crippen LogP contribution is -2.40. The monoisotopic (exact) mass is 313 g/mol. The molecule has 2 N–H and O–H groups in total. The molecule has 4 nitrogen and oxygen atoms in total.